The molecular weight excluding hydrogens is 376 g/mol. The predicted octanol–water partition coefficient (Wildman–Crippen LogP) is 2.69. The summed E-state index contributed by atoms with van der Waals surface area (Å²) in [5.41, 5.74) is -2.79. The van der Waals surface area contributed by atoms with Crippen LogP contribution in [0.15, 0.2) is 35.5 Å². The first-order valence-electron chi connectivity index (χ1n) is 10.0. The molecule has 4 atom stereocenters. The van der Waals surface area contributed by atoms with Crippen molar-refractivity contribution in [3.63, 3.8) is 0 Å². The number of ether oxygens (including phenoxy) is 2. The second-order valence-corrected chi connectivity index (χ2v) is 8.34. The molecule has 0 aromatic rings. The summed E-state index contributed by atoms with van der Waals surface area (Å²) in [5, 5.41) is 20.8. The van der Waals surface area contributed by atoms with Crippen LogP contribution in [0.1, 0.15) is 52.9 Å². The van der Waals surface area contributed by atoms with Gasteiger partial charge in [-0.3, -0.25) is 4.79 Å². The number of aliphatic carboxylic acids is 1. The highest BCUT2D eigenvalue weighted by atomic mass is 16.6. The number of hydrogen-bond donors (Lipinski definition) is 2. The molecule has 7 nitrogen and oxygen atoms in total. The van der Waals surface area contributed by atoms with Crippen molar-refractivity contribution in [1.29, 1.82) is 0 Å². The maximum Gasteiger partial charge on any atom is 0.333 e. The van der Waals surface area contributed by atoms with Crippen molar-refractivity contribution in [3.05, 3.63) is 35.5 Å². The summed E-state index contributed by atoms with van der Waals surface area (Å²) >= 11 is 0. The average Bonchev–Trinajstić information content (AvgIpc) is 2.77. The molecule has 1 saturated heterocycles. The number of rotatable bonds is 5. The topological polar surface area (TPSA) is 110 Å². The summed E-state index contributed by atoms with van der Waals surface area (Å²) in [4.78, 5) is 36.3. The van der Waals surface area contributed by atoms with E-state index < -0.39 is 34.5 Å². The van der Waals surface area contributed by atoms with Gasteiger partial charge in [-0.05, 0) is 59.0 Å². The van der Waals surface area contributed by atoms with Crippen molar-refractivity contribution >= 4 is 17.9 Å². The lowest BCUT2D eigenvalue weighted by molar-refractivity contribution is -0.224. The zero-order valence-corrected chi connectivity index (χ0v) is 17.1. The van der Waals surface area contributed by atoms with Gasteiger partial charge in [-0.1, -0.05) is 18.2 Å². The minimum atomic E-state index is -1.31. The number of allylic oxidation sites excluding steroid dienone is 3. The van der Waals surface area contributed by atoms with Crippen LogP contribution in [0.3, 0.4) is 0 Å². The summed E-state index contributed by atoms with van der Waals surface area (Å²) in [6, 6.07) is 0. The Bertz CT molecular complexity index is 823. The minimum absolute atomic E-state index is 0.157. The fourth-order valence-corrected chi connectivity index (χ4v) is 5.10. The highest BCUT2D eigenvalue weighted by Gasteiger charge is 2.71. The van der Waals surface area contributed by atoms with Crippen LogP contribution in [-0.4, -0.2) is 45.9 Å². The largest absolute Gasteiger partial charge is 0.478 e. The van der Waals surface area contributed by atoms with Gasteiger partial charge in [0.2, 0.25) is 0 Å². The smallest absolute Gasteiger partial charge is 0.333 e. The third kappa shape index (κ3) is 3.31. The third-order valence-electron chi connectivity index (χ3n) is 6.78. The molecule has 2 fully saturated rings. The maximum absolute atomic E-state index is 13.1. The van der Waals surface area contributed by atoms with Gasteiger partial charge in [0, 0.05) is 17.1 Å². The normalized spacial score (nSPS) is 36.8. The van der Waals surface area contributed by atoms with E-state index in [0.29, 0.717) is 24.8 Å². The Balaban J connectivity index is 1.93. The molecule has 0 spiro atoms. The third-order valence-corrected chi connectivity index (χ3v) is 6.78. The first-order valence-corrected chi connectivity index (χ1v) is 10.0. The van der Waals surface area contributed by atoms with Gasteiger partial charge >= 0.3 is 17.9 Å². The van der Waals surface area contributed by atoms with Crippen LogP contribution in [-0.2, 0) is 23.9 Å². The molecule has 1 saturated carbocycles. The van der Waals surface area contributed by atoms with Gasteiger partial charge in [-0.25, -0.2) is 9.59 Å². The van der Waals surface area contributed by atoms with Crippen LogP contribution in [0.5, 0.6) is 0 Å². The summed E-state index contributed by atoms with van der Waals surface area (Å²) in [6.45, 7) is 5.22. The van der Waals surface area contributed by atoms with Crippen LogP contribution in [0.25, 0.3) is 0 Å². The van der Waals surface area contributed by atoms with E-state index in [0.717, 1.165) is 0 Å². The van der Waals surface area contributed by atoms with Crippen molar-refractivity contribution in [2.45, 2.75) is 64.1 Å². The lowest BCUT2D eigenvalue weighted by Crippen LogP contribution is -2.63. The van der Waals surface area contributed by atoms with Crippen LogP contribution < -0.4 is 0 Å². The second-order valence-electron chi connectivity index (χ2n) is 8.34. The van der Waals surface area contributed by atoms with E-state index in [1.165, 1.54) is 13.0 Å². The Hall–Kier alpha value is -2.41. The summed E-state index contributed by atoms with van der Waals surface area (Å²) in [6.07, 6.45) is 8.30. The fraction of sp³-hybridized carbons (Fsp3) is 0.591. The summed E-state index contributed by atoms with van der Waals surface area (Å²) in [7, 11) is 0. The Morgan fingerprint density at radius 3 is 2.76 bits per heavy atom. The SMILES string of the molecule is CCOC(=O)C1=CC[C@]23CC[C@H](C(C)(C=CC=C(C)C(=O)O)OC2=O)[C@]3(O)CC1. The monoisotopic (exact) mass is 404 g/mol. The van der Waals surface area contributed by atoms with E-state index in [-0.39, 0.29) is 30.9 Å². The average molecular weight is 404 g/mol. The van der Waals surface area contributed by atoms with Gasteiger partial charge in [0.25, 0.3) is 0 Å². The molecule has 0 amide bonds. The summed E-state index contributed by atoms with van der Waals surface area (Å²) in [5.74, 6) is -2.26. The van der Waals surface area contributed by atoms with Gasteiger partial charge in [0.15, 0.2) is 0 Å². The number of hydrogen-bond acceptors (Lipinski definition) is 6. The molecule has 2 N–H and O–H groups in total. The van der Waals surface area contributed by atoms with E-state index in [1.807, 2.05) is 0 Å². The van der Waals surface area contributed by atoms with Crippen molar-refractivity contribution in [2.24, 2.45) is 11.3 Å². The standard InChI is InChI=1S/C22H28O7/c1-4-28-18(25)15-7-11-21-12-9-16(22(21,27)13-8-15)20(3,29-19(21)26)10-5-6-14(2)17(23)24/h5-7,10,16,27H,4,8-9,11-13H2,1-3H3,(H,23,24)/t16-,20?,21+,22-/m1/s1. The number of carboxylic acids is 1. The van der Waals surface area contributed by atoms with Crippen LogP contribution in [0.2, 0.25) is 0 Å². The molecule has 1 heterocycles. The molecule has 158 valence electrons. The first-order chi connectivity index (χ1) is 13.6. The molecule has 2 bridgehead atoms. The number of esters is 2. The number of carbonyl (C=O) groups excluding carboxylic acids is 2. The molecule has 29 heavy (non-hydrogen) atoms. The molecule has 1 aliphatic heterocycles. The van der Waals surface area contributed by atoms with Gasteiger partial charge in [0.05, 0.1) is 12.2 Å². The molecule has 0 aromatic carbocycles. The molecule has 0 radical (unpaired) electrons. The van der Waals surface area contributed by atoms with Gasteiger partial charge in [-0.15, -0.1) is 0 Å². The molecule has 3 rings (SSSR count). The quantitative estimate of drug-likeness (QED) is 0.412. The zero-order valence-electron chi connectivity index (χ0n) is 17.1. The summed E-state index contributed by atoms with van der Waals surface area (Å²) < 4.78 is 10.9. The van der Waals surface area contributed by atoms with Crippen molar-refractivity contribution in [3.8, 4) is 0 Å². The van der Waals surface area contributed by atoms with Crippen molar-refractivity contribution < 1.29 is 34.1 Å². The van der Waals surface area contributed by atoms with E-state index >= 15 is 0 Å². The lowest BCUT2D eigenvalue weighted by Gasteiger charge is -2.52. The number of carboxylic acid groups (broad SMARTS) is 1. The van der Waals surface area contributed by atoms with Crippen molar-refractivity contribution in [2.75, 3.05) is 6.61 Å². The Morgan fingerprint density at radius 1 is 1.38 bits per heavy atom. The first kappa shape index (κ1) is 21.3. The van der Waals surface area contributed by atoms with E-state index in [2.05, 4.69) is 0 Å². The highest BCUT2D eigenvalue weighted by molar-refractivity contribution is 5.89. The van der Waals surface area contributed by atoms with E-state index in [9.17, 15) is 19.5 Å². The van der Waals surface area contributed by atoms with E-state index in [4.69, 9.17) is 14.6 Å². The Labute approximate surface area is 170 Å². The van der Waals surface area contributed by atoms with Crippen LogP contribution in [0.4, 0.5) is 0 Å². The Kier molecular flexibility index (Phi) is 5.47. The molecular formula is C22H28O7. The fourth-order valence-electron chi connectivity index (χ4n) is 5.10. The van der Waals surface area contributed by atoms with Crippen LogP contribution in [0, 0.1) is 11.3 Å². The van der Waals surface area contributed by atoms with Gasteiger partial charge in [-0.2, -0.15) is 0 Å². The number of carbonyl (C=O) groups is 3. The molecule has 3 aliphatic rings. The highest BCUT2D eigenvalue weighted by Crippen LogP contribution is 2.63. The van der Waals surface area contributed by atoms with E-state index in [1.54, 1.807) is 32.1 Å². The molecule has 2 aliphatic carbocycles. The lowest BCUT2D eigenvalue weighted by atomic mass is 9.62. The Morgan fingerprint density at radius 2 is 2.10 bits per heavy atom. The molecule has 0 aromatic heterocycles. The molecule has 1 unspecified atom stereocenters. The van der Waals surface area contributed by atoms with Gasteiger partial charge in [0.1, 0.15) is 11.0 Å². The zero-order chi connectivity index (χ0) is 21.4. The number of cyclic esters (lactones) is 1. The number of aliphatic hydroxyl groups is 1. The predicted molar refractivity (Wildman–Crippen MR) is 104 cm³/mol. The van der Waals surface area contributed by atoms with Gasteiger partial charge < -0.3 is 19.7 Å². The van der Waals surface area contributed by atoms with Crippen LogP contribution >= 0.6 is 0 Å². The van der Waals surface area contributed by atoms with Crippen molar-refractivity contribution in [1.82, 2.24) is 0 Å². The second kappa shape index (κ2) is 7.44. The maximum atomic E-state index is 13.1. The molecule has 7 heteroatoms. The minimum Gasteiger partial charge on any atom is -0.478 e.